The van der Waals surface area contributed by atoms with Crippen molar-refractivity contribution in [2.24, 2.45) is 0 Å². The maximum absolute atomic E-state index is 14.8. The highest BCUT2D eigenvalue weighted by Crippen LogP contribution is 2.54. The molecule has 0 aliphatic carbocycles. The second kappa shape index (κ2) is 17.5. The maximum Gasteiger partial charge on any atom is 0.334 e. The Morgan fingerprint density at radius 2 is 1.54 bits per heavy atom. The van der Waals surface area contributed by atoms with E-state index in [-0.39, 0.29) is 11.3 Å². The average Bonchev–Trinajstić information content (AvgIpc) is 3.27. The number of fused-ring (bicyclic) bond motifs is 1. The van der Waals surface area contributed by atoms with Gasteiger partial charge in [0.05, 0.1) is 18.4 Å². The van der Waals surface area contributed by atoms with Crippen LogP contribution in [0.25, 0.3) is 0 Å². The number of likely N-dealkylation sites (N-methyl/N-ethyl adjacent to an activating group) is 1. The Hall–Kier alpha value is -3.90. The first kappa shape index (κ1) is 38.5. The first-order valence-electron chi connectivity index (χ1n) is 16.8. The van der Waals surface area contributed by atoms with Crippen LogP contribution in [-0.2, 0) is 19.6 Å². The molecule has 11 nitrogen and oxygen atoms in total. The van der Waals surface area contributed by atoms with Crippen LogP contribution in [0.3, 0.4) is 0 Å². The van der Waals surface area contributed by atoms with Gasteiger partial charge in [0, 0.05) is 42.5 Å². The Morgan fingerprint density at radius 3 is 2.08 bits per heavy atom. The summed E-state index contributed by atoms with van der Waals surface area (Å²) >= 11 is 0. The fraction of sp³-hybridized carbons (Fsp3) is 0.528. The standard InChI is InChI=1S/C36H51N3O8S/c1-6-9-13-30-29-24-27(37-48(5,45)46)16-19-32(29)38(4)36(30,31(35(43)44)25-33(40)41)34(42)26-14-17-28(18-15-26)47-23-12-22-39(20-10-7-2)21-11-8-3/h14-19,24-25,30,37H,6-13,20-23H2,1-5H3,(H,40,41)(H,43,44)/b31-25-. The van der Waals surface area contributed by atoms with Crippen molar-refractivity contribution in [3.05, 3.63) is 65.2 Å². The van der Waals surface area contributed by atoms with E-state index in [1.54, 1.807) is 43.4 Å². The number of carboxylic acids is 2. The third-order valence-corrected chi connectivity index (χ3v) is 9.47. The van der Waals surface area contributed by atoms with Gasteiger partial charge >= 0.3 is 11.9 Å². The quantitative estimate of drug-likeness (QED) is 0.0790. The number of ketones is 1. The van der Waals surface area contributed by atoms with Gasteiger partial charge in [0.1, 0.15) is 11.3 Å². The molecule has 0 radical (unpaired) electrons. The highest BCUT2D eigenvalue weighted by Gasteiger charge is 2.59. The van der Waals surface area contributed by atoms with Gasteiger partial charge in [0.2, 0.25) is 10.0 Å². The van der Waals surface area contributed by atoms with Gasteiger partial charge in [0.25, 0.3) is 0 Å². The molecule has 2 unspecified atom stereocenters. The summed E-state index contributed by atoms with van der Waals surface area (Å²) in [6.07, 6.45) is 8.76. The van der Waals surface area contributed by atoms with Crippen LogP contribution in [0.1, 0.15) is 94.0 Å². The number of nitrogens with zero attached hydrogens (tertiary/aromatic N) is 2. The Bertz CT molecular complexity index is 1550. The molecule has 3 N–H and O–H groups in total. The molecular formula is C36H51N3O8S. The van der Waals surface area contributed by atoms with Crippen LogP contribution in [0.15, 0.2) is 54.1 Å². The number of nitrogens with one attached hydrogen (secondary N) is 1. The van der Waals surface area contributed by atoms with E-state index in [1.807, 2.05) is 6.92 Å². The molecule has 0 saturated heterocycles. The summed E-state index contributed by atoms with van der Waals surface area (Å²) < 4.78 is 32.5. The molecule has 0 bridgehead atoms. The number of rotatable bonds is 21. The lowest BCUT2D eigenvalue weighted by atomic mass is 9.69. The first-order valence-corrected chi connectivity index (χ1v) is 18.7. The number of anilines is 2. The van der Waals surface area contributed by atoms with Crippen LogP contribution in [0.4, 0.5) is 11.4 Å². The molecule has 12 heteroatoms. The van der Waals surface area contributed by atoms with Crippen LogP contribution in [0.2, 0.25) is 0 Å². The normalized spacial score (nSPS) is 17.8. The average molecular weight is 686 g/mol. The van der Waals surface area contributed by atoms with E-state index in [4.69, 9.17) is 4.74 Å². The fourth-order valence-corrected chi connectivity index (χ4v) is 7.15. The van der Waals surface area contributed by atoms with Crippen molar-refractivity contribution in [1.29, 1.82) is 0 Å². The van der Waals surface area contributed by atoms with Crippen molar-refractivity contribution < 1.29 is 37.8 Å². The topological polar surface area (TPSA) is 154 Å². The number of carbonyl (C=O) groups excluding carboxylic acids is 1. The van der Waals surface area contributed by atoms with Crippen molar-refractivity contribution in [1.82, 2.24) is 4.90 Å². The summed E-state index contributed by atoms with van der Waals surface area (Å²) in [7, 11) is -2.05. The molecular weight excluding hydrogens is 634 g/mol. The van der Waals surface area contributed by atoms with Gasteiger partial charge in [-0.1, -0.05) is 46.5 Å². The van der Waals surface area contributed by atoms with Crippen LogP contribution in [-0.4, -0.2) is 86.3 Å². The first-order chi connectivity index (χ1) is 22.8. The van der Waals surface area contributed by atoms with Gasteiger partial charge in [0.15, 0.2) is 5.78 Å². The minimum absolute atomic E-state index is 0.195. The van der Waals surface area contributed by atoms with Crippen LogP contribution in [0.5, 0.6) is 5.75 Å². The zero-order chi connectivity index (χ0) is 35.5. The number of unbranched alkanes of at least 4 members (excludes halogenated alkanes) is 3. The number of ether oxygens (including phenoxy) is 1. The smallest absolute Gasteiger partial charge is 0.334 e. The summed E-state index contributed by atoms with van der Waals surface area (Å²) in [4.78, 5) is 43.7. The predicted octanol–water partition coefficient (Wildman–Crippen LogP) is 6.17. The molecule has 3 rings (SSSR count). The Balaban J connectivity index is 2.00. The molecule has 0 amide bonds. The number of carboxylic acid groups (broad SMARTS) is 2. The van der Waals surface area contributed by atoms with Crippen LogP contribution < -0.4 is 14.4 Å². The van der Waals surface area contributed by atoms with Gasteiger partial charge in [-0.05, 0) is 86.8 Å². The van der Waals surface area contributed by atoms with Crippen molar-refractivity contribution in [2.45, 2.75) is 83.6 Å². The highest BCUT2D eigenvalue weighted by atomic mass is 32.2. The Labute approximate surface area is 285 Å². The number of aliphatic carboxylic acids is 2. The summed E-state index contributed by atoms with van der Waals surface area (Å²) in [6.45, 7) is 9.90. The lowest BCUT2D eigenvalue weighted by Gasteiger charge is -2.41. The third kappa shape index (κ3) is 9.37. The van der Waals surface area contributed by atoms with Crippen LogP contribution in [0, 0.1) is 0 Å². The molecule has 1 aliphatic heterocycles. The molecule has 2 atom stereocenters. The molecule has 1 heterocycles. The number of sulfonamides is 1. The van der Waals surface area contributed by atoms with Crippen molar-refractivity contribution in [3.8, 4) is 5.75 Å². The van der Waals surface area contributed by atoms with E-state index < -0.39 is 44.8 Å². The van der Waals surface area contributed by atoms with Crippen molar-refractivity contribution in [3.63, 3.8) is 0 Å². The summed E-state index contributed by atoms with van der Waals surface area (Å²) in [6, 6.07) is 11.3. The second-order valence-corrected chi connectivity index (χ2v) is 14.2. The minimum Gasteiger partial charge on any atom is -0.494 e. The molecule has 48 heavy (non-hydrogen) atoms. The molecule has 2 aromatic rings. The van der Waals surface area contributed by atoms with E-state index in [0.29, 0.717) is 42.5 Å². The van der Waals surface area contributed by atoms with Gasteiger partial charge in [-0.25, -0.2) is 18.0 Å². The largest absolute Gasteiger partial charge is 0.494 e. The highest BCUT2D eigenvalue weighted by molar-refractivity contribution is 7.92. The zero-order valence-electron chi connectivity index (χ0n) is 28.8. The van der Waals surface area contributed by atoms with E-state index in [9.17, 15) is 33.0 Å². The molecule has 1 aliphatic rings. The molecule has 0 saturated carbocycles. The molecule has 264 valence electrons. The third-order valence-electron chi connectivity index (χ3n) is 8.86. The van der Waals surface area contributed by atoms with E-state index in [1.165, 1.54) is 11.0 Å². The summed E-state index contributed by atoms with van der Waals surface area (Å²) in [5, 5.41) is 20.3. The SMILES string of the molecule is CCCCC1c2cc(NS(C)(=O)=O)ccc2N(C)C1(C(=O)c1ccc(OCCCN(CCCC)CCCC)cc1)/C(=C\C(=O)O)C(=O)O. The molecule has 0 spiro atoms. The Kier molecular flexibility index (Phi) is 14.0. The van der Waals surface area contributed by atoms with Crippen LogP contribution >= 0.6 is 0 Å². The number of Topliss-reactive ketones (excluding diaryl/α,β-unsaturated/α-hetero) is 1. The van der Waals surface area contributed by atoms with Crippen molar-refractivity contribution in [2.75, 3.05) is 49.2 Å². The number of carbonyl (C=O) groups is 3. The molecule has 0 aromatic heterocycles. The number of benzene rings is 2. The van der Waals surface area contributed by atoms with E-state index >= 15 is 0 Å². The Morgan fingerprint density at radius 1 is 0.938 bits per heavy atom. The van der Waals surface area contributed by atoms with Gasteiger partial charge < -0.3 is 24.7 Å². The van der Waals surface area contributed by atoms with Gasteiger partial charge in [-0.3, -0.25) is 9.52 Å². The summed E-state index contributed by atoms with van der Waals surface area (Å²) in [5.41, 5.74) is -0.998. The van der Waals surface area contributed by atoms with Gasteiger partial charge in [-0.2, -0.15) is 0 Å². The van der Waals surface area contributed by atoms with E-state index in [0.717, 1.165) is 64.4 Å². The predicted molar refractivity (Wildman–Crippen MR) is 189 cm³/mol. The van der Waals surface area contributed by atoms with Crippen molar-refractivity contribution >= 4 is 39.1 Å². The molecule has 0 fully saturated rings. The van der Waals surface area contributed by atoms with Gasteiger partial charge in [-0.15, -0.1) is 0 Å². The monoisotopic (exact) mass is 685 g/mol. The number of hydrogen-bond acceptors (Lipinski definition) is 8. The maximum atomic E-state index is 14.8. The fourth-order valence-electron chi connectivity index (χ4n) is 6.60. The minimum atomic E-state index is -3.63. The summed E-state index contributed by atoms with van der Waals surface area (Å²) in [5.74, 6) is -3.84. The second-order valence-electron chi connectivity index (χ2n) is 12.5. The lowest BCUT2D eigenvalue weighted by molar-refractivity contribution is -0.135. The zero-order valence-corrected chi connectivity index (χ0v) is 29.6. The van der Waals surface area contributed by atoms with E-state index in [2.05, 4.69) is 23.5 Å². The number of hydrogen-bond donors (Lipinski definition) is 3. The molecule has 2 aromatic carbocycles. The lowest BCUT2D eigenvalue weighted by Crippen LogP contribution is -2.57.